The van der Waals surface area contributed by atoms with Crippen molar-refractivity contribution < 1.29 is 19.4 Å². The first-order valence-electron chi connectivity index (χ1n) is 12.4. The van der Waals surface area contributed by atoms with Crippen LogP contribution < -0.4 is 0 Å². The number of allylic oxidation sites excluding steroid dienone is 2. The van der Waals surface area contributed by atoms with Crippen molar-refractivity contribution in [2.75, 3.05) is 0 Å². The van der Waals surface area contributed by atoms with Crippen molar-refractivity contribution >= 4 is 14.3 Å². The molecule has 5 heteroatoms. The average Bonchev–Trinajstić information content (AvgIpc) is 3.02. The highest BCUT2D eigenvalue weighted by Gasteiger charge is 2.40. The van der Waals surface area contributed by atoms with E-state index in [1.807, 2.05) is 0 Å². The van der Waals surface area contributed by atoms with Gasteiger partial charge in [-0.15, -0.1) is 0 Å². The Hall–Kier alpha value is -0.913. The lowest BCUT2D eigenvalue weighted by Gasteiger charge is -2.38. The molecule has 0 aromatic carbocycles. The van der Waals surface area contributed by atoms with E-state index in [0.717, 1.165) is 19.3 Å². The summed E-state index contributed by atoms with van der Waals surface area (Å²) in [6.07, 6.45) is 17.1. The molecular weight excluding hydrogens is 404 g/mol. The predicted octanol–water partition coefficient (Wildman–Crippen LogP) is 7.25. The lowest BCUT2D eigenvalue weighted by Crippen LogP contribution is -2.46. The van der Waals surface area contributed by atoms with Crippen LogP contribution in [0.25, 0.3) is 0 Å². The molecule has 0 spiro atoms. The third kappa shape index (κ3) is 10.0. The summed E-state index contributed by atoms with van der Waals surface area (Å²) in [6, 6.07) is 0. The maximum Gasteiger partial charge on any atom is 0.331 e. The number of aliphatic hydroxyl groups excluding tert-OH is 1. The second kappa shape index (κ2) is 13.6. The SMILES string of the molecule is CCCCCCCCC1=CCC(O)[C@@H]1CC=CCCC(O[Si](C)(C)C(C)(C)C)C(=O)O. The van der Waals surface area contributed by atoms with Gasteiger partial charge in [0.2, 0.25) is 0 Å². The first kappa shape index (κ1) is 28.1. The molecular formula is C26H48O4Si. The molecule has 3 atom stereocenters. The molecule has 0 aromatic heterocycles. The van der Waals surface area contributed by atoms with Crippen molar-refractivity contribution in [3.05, 3.63) is 23.8 Å². The van der Waals surface area contributed by atoms with E-state index in [1.165, 1.54) is 44.1 Å². The van der Waals surface area contributed by atoms with E-state index >= 15 is 0 Å². The van der Waals surface area contributed by atoms with Gasteiger partial charge in [-0.1, -0.05) is 83.6 Å². The van der Waals surface area contributed by atoms with Crippen LogP contribution in [-0.4, -0.2) is 36.7 Å². The van der Waals surface area contributed by atoms with Gasteiger partial charge in [0.05, 0.1) is 6.10 Å². The number of aliphatic hydroxyl groups is 1. The van der Waals surface area contributed by atoms with Gasteiger partial charge < -0.3 is 14.6 Å². The summed E-state index contributed by atoms with van der Waals surface area (Å²) in [5, 5.41) is 20.0. The van der Waals surface area contributed by atoms with E-state index in [9.17, 15) is 15.0 Å². The van der Waals surface area contributed by atoms with Crippen LogP contribution in [0.3, 0.4) is 0 Å². The monoisotopic (exact) mass is 452 g/mol. The van der Waals surface area contributed by atoms with Gasteiger partial charge in [0.15, 0.2) is 8.32 Å². The van der Waals surface area contributed by atoms with Crippen LogP contribution in [0.5, 0.6) is 0 Å². The molecule has 1 rings (SSSR count). The Bertz CT molecular complexity index is 589. The van der Waals surface area contributed by atoms with Gasteiger partial charge in [0, 0.05) is 5.92 Å². The molecule has 0 bridgehead atoms. The van der Waals surface area contributed by atoms with Crippen molar-refractivity contribution in [3.8, 4) is 0 Å². The highest BCUT2D eigenvalue weighted by atomic mass is 28.4. The van der Waals surface area contributed by atoms with Gasteiger partial charge >= 0.3 is 5.97 Å². The number of unbranched alkanes of at least 4 members (excludes halogenated alkanes) is 5. The van der Waals surface area contributed by atoms with Gasteiger partial charge in [-0.05, 0) is 56.7 Å². The molecule has 180 valence electrons. The minimum atomic E-state index is -2.11. The second-order valence-electron chi connectivity index (χ2n) is 10.7. The molecule has 1 aliphatic rings. The molecule has 0 amide bonds. The van der Waals surface area contributed by atoms with Crippen LogP contribution >= 0.6 is 0 Å². The second-order valence-corrected chi connectivity index (χ2v) is 15.5. The number of carbonyl (C=O) groups is 1. The van der Waals surface area contributed by atoms with Gasteiger partial charge in [0.1, 0.15) is 6.10 Å². The average molecular weight is 453 g/mol. The van der Waals surface area contributed by atoms with E-state index < -0.39 is 20.4 Å². The predicted molar refractivity (Wildman–Crippen MR) is 133 cm³/mol. The smallest absolute Gasteiger partial charge is 0.331 e. The van der Waals surface area contributed by atoms with Gasteiger partial charge in [0.25, 0.3) is 0 Å². The van der Waals surface area contributed by atoms with E-state index in [-0.39, 0.29) is 17.1 Å². The van der Waals surface area contributed by atoms with Crippen LogP contribution in [0, 0.1) is 5.92 Å². The molecule has 0 saturated heterocycles. The number of aliphatic carboxylic acids is 1. The first-order valence-corrected chi connectivity index (χ1v) is 15.3. The standard InChI is InChI=1S/C26H48O4Si/c1-7-8-9-10-11-13-16-21-19-20-23(27)22(21)17-14-12-15-18-24(25(28)29)30-31(5,6)26(2,3)4/h12,14,19,22-24,27H,7-11,13,15-18,20H2,1-6H3,(H,28,29)/t22-,23?,24?/m1/s1. The Morgan fingerprint density at radius 3 is 2.45 bits per heavy atom. The molecule has 0 aromatic rings. The van der Waals surface area contributed by atoms with Gasteiger partial charge in [-0.3, -0.25) is 0 Å². The summed E-state index contributed by atoms with van der Waals surface area (Å²) in [7, 11) is -2.11. The van der Waals surface area contributed by atoms with Crippen LogP contribution in [0.4, 0.5) is 0 Å². The number of carboxylic acid groups (broad SMARTS) is 1. The van der Waals surface area contributed by atoms with Crippen molar-refractivity contribution in [3.63, 3.8) is 0 Å². The fraction of sp³-hybridized carbons (Fsp3) is 0.808. The number of carboxylic acids is 1. The normalized spacial score (nSPS) is 20.9. The largest absolute Gasteiger partial charge is 0.479 e. The van der Waals surface area contributed by atoms with Crippen molar-refractivity contribution in [1.82, 2.24) is 0 Å². The topological polar surface area (TPSA) is 66.8 Å². The van der Waals surface area contributed by atoms with Crippen LogP contribution in [0.2, 0.25) is 18.1 Å². The summed E-state index contributed by atoms with van der Waals surface area (Å²) in [5.74, 6) is -0.640. The summed E-state index contributed by atoms with van der Waals surface area (Å²) < 4.78 is 6.11. The van der Waals surface area contributed by atoms with Gasteiger partial charge in [-0.2, -0.15) is 0 Å². The first-order chi connectivity index (χ1) is 14.5. The molecule has 0 saturated carbocycles. The number of hydrogen-bond acceptors (Lipinski definition) is 3. The molecule has 1 aliphatic carbocycles. The van der Waals surface area contributed by atoms with Crippen LogP contribution in [0.15, 0.2) is 23.8 Å². The molecule has 4 nitrogen and oxygen atoms in total. The van der Waals surface area contributed by atoms with Crippen molar-refractivity contribution in [2.45, 2.75) is 129 Å². The van der Waals surface area contributed by atoms with Crippen molar-refractivity contribution in [2.24, 2.45) is 5.92 Å². The fourth-order valence-corrected chi connectivity index (χ4v) is 5.20. The van der Waals surface area contributed by atoms with E-state index in [2.05, 4.69) is 59.0 Å². The fourth-order valence-electron chi connectivity index (χ4n) is 3.91. The Morgan fingerprint density at radius 2 is 1.84 bits per heavy atom. The minimum absolute atomic E-state index is 0.00606. The zero-order valence-electron chi connectivity index (χ0n) is 21.0. The number of rotatable bonds is 15. The Labute approximate surface area is 192 Å². The van der Waals surface area contributed by atoms with Crippen molar-refractivity contribution in [1.29, 1.82) is 0 Å². The van der Waals surface area contributed by atoms with Crippen LogP contribution in [0.1, 0.15) is 98.3 Å². The molecule has 0 heterocycles. The molecule has 0 radical (unpaired) electrons. The Kier molecular flexibility index (Phi) is 12.3. The van der Waals surface area contributed by atoms with Gasteiger partial charge in [-0.25, -0.2) is 4.79 Å². The number of hydrogen-bond donors (Lipinski definition) is 2. The maximum atomic E-state index is 11.7. The third-order valence-electron chi connectivity index (χ3n) is 7.05. The summed E-state index contributed by atoms with van der Waals surface area (Å²) in [4.78, 5) is 11.7. The summed E-state index contributed by atoms with van der Waals surface area (Å²) in [5.41, 5.74) is 1.41. The Balaban J connectivity index is 2.43. The third-order valence-corrected chi connectivity index (χ3v) is 11.5. The zero-order chi connectivity index (χ0) is 23.5. The molecule has 31 heavy (non-hydrogen) atoms. The van der Waals surface area contributed by atoms with Crippen LogP contribution in [-0.2, 0) is 9.22 Å². The summed E-state index contributed by atoms with van der Waals surface area (Å²) >= 11 is 0. The quantitative estimate of drug-likeness (QED) is 0.156. The molecule has 0 aliphatic heterocycles. The summed E-state index contributed by atoms with van der Waals surface area (Å²) in [6.45, 7) is 12.8. The minimum Gasteiger partial charge on any atom is -0.479 e. The molecule has 2 N–H and O–H groups in total. The van der Waals surface area contributed by atoms with E-state index in [0.29, 0.717) is 12.8 Å². The Morgan fingerprint density at radius 1 is 1.19 bits per heavy atom. The highest BCUT2D eigenvalue weighted by molar-refractivity contribution is 6.74. The zero-order valence-corrected chi connectivity index (χ0v) is 22.0. The lowest BCUT2D eigenvalue weighted by atomic mass is 9.91. The highest BCUT2D eigenvalue weighted by Crippen LogP contribution is 2.38. The lowest BCUT2D eigenvalue weighted by molar-refractivity contribution is -0.145. The van der Waals surface area contributed by atoms with E-state index in [4.69, 9.17) is 4.43 Å². The van der Waals surface area contributed by atoms with E-state index in [1.54, 1.807) is 0 Å². The molecule has 0 fully saturated rings. The molecule has 2 unspecified atom stereocenters. The maximum absolute atomic E-state index is 11.7.